The number of nitrogens with zero attached hydrogens (tertiary/aromatic N) is 1. The molecule has 0 aromatic heterocycles. The highest BCUT2D eigenvalue weighted by molar-refractivity contribution is 6.69. The Morgan fingerprint density at radius 2 is 1.59 bits per heavy atom. The molecule has 0 bridgehead atoms. The first kappa shape index (κ1) is 21.9. The number of oxime groups is 1. The minimum Gasteiger partial charge on any atom is -0.415 e. The highest BCUT2D eigenvalue weighted by atomic mass is 28.4. The summed E-state index contributed by atoms with van der Waals surface area (Å²) in [4.78, 5) is 5.16. The molecule has 0 aromatic carbocycles. The SMILES string of the molecule is CON=C(C)[C@H]1CC[C@H]2[C@@H]3CC[C@@H]4C[C@H](O[Si](C)(C)C)CC[C@]4(C)[C@H]3CC[C@]12C. The van der Waals surface area contributed by atoms with E-state index in [4.69, 9.17) is 9.26 Å². The largest absolute Gasteiger partial charge is 0.415 e. The molecule has 0 saturated heterocycles. The van der Waals surface area contributed by atoms with E-state index in [0.29, 0.717) is 22.9 Å². The summed E-state index contributed by atoms with van der Waals surface area (Å²) in [5.41, 5.74) is 2.23. The molecule has 166 valence electrons. The van der Waals surface area contributed by atoms with Gasteiger partial charge in [0.1, 0.15) is 7.11 Å². The molecule has 4 fully saturated rings. The molecule has 0 aliphatic heterocycles. The molecule has 4 aliphatic rings. The van der Waals surface area contributed by atoms with Crippen LogP contribution in [0.1, 0.15) is 78.6 Å². The molecular weight excluding hydrogens is 374 g/mol. The summed E-state index contributed by atoms with van der Waals surface area (Å²) < 4.78 is 6.57. The molecule has 0 unspecified atom stereocenters. The van der Waals surface area contributed by atoms with E-state index in [9.17, 15) is 0 Å². The van der Waals surface area contributed by atoms with Gasteiger partial charge in [0.05, 0.1) is 5.71 Å². The minimum absolute atomic E-state index is 0.439. The van der Waals surface area contributed by atoms with Crippen LogP contribution < -0.4 is 0 Å². The second-order valence-electron chi connectivity index (χ2n) is 12.4. The molecule has 29 heavy (non-hydrogen) atoms. The highest BCUT2D eigenvalue weighted by Gasteiger charge is 2.60. The van der Waals surface area contributed by atoms with Crippen molar-refractivity contribution in [3.05, 3.63) is 0 Å². The van der Waals surface area contributed by atoms with E-state index >= 15 is 0 Å². The molecule has 0 N–H and O–H groups in total. The first-order valence-corrected chi connectivity index (χ1v) is 15.7. The van der Waals surface area contributed by atoms with Gasteiger partial charge < -0.3 is 9.26 Å². The molecule has 0 spiro atoms. The van der Waals surface area contributed by atoms with Gasteiger partial charge in [0.25, 0.3) is 0 Å². The molecule has 4 heteroatoms. The van der Waals surface area contributed by atoms with Gasteiger partial charge in [-0.1, -0.05) is 19.0 Å². The number of rotatable bonds is 4. The lowest BCUT2D eigenvalue weighted by Crippen LogP contribution is -2.54. The summed E-state index contributed by atoms with van der Waals surface area (Å²) in [5.74, 6) is 4.27. The van der Waals surface area contributed by atoms with Gasteiger partial charge in [-0.2, -0.15) is 0 Å². The Kier molecular flexibility index (Phi) is 5.77. The van der Waals surface area contributed by atoms with Crippen LogP contribution in [-0.4, -0.2) is 27.2 Å². The maximum Gasteiger partial charge on any atom is 0.184 e. The molecule has 4 aliphatic carbocycles. The van der Waals surface area contributed by atoms with Crippen LogP contribution in [0.4, 0.5) is 0 Å². The van der Waals surface area contributed by atoms with E-state index in [0.717, 1.165) is 23.7 Å². The van der Waals surface area contributed by atoms with E-state index in [1.165, 1.54) is 63.5 Å². The molecular formula is C25H45NO2Si. The van der Waals surface area contributed by atoms with E-state index in [1.54, 1.807) is 7.11 Å². The summed E-state index contributed by atoms with van der Waals surface area (Å²) in [6.45, 7) is 14.5. The smallest absolute Gasteiger partial charge is 0.184 e. The van der Waals surface area contributed by atoms with Gasteiger partial charge in [-0.15, -0.1) is 0 Å². The fourth-order valence-electron chi connectivity index (χ4n) is 8.72. The standard InChI is InChI=1S/C25H45NO2Si/c1-17(26-27-4)21-10-11-22-20-9-8-18-16-19(28-29(5,6)7)12-14-24(18,2)23(20)13-15-25(21,22)3/h18-23H,8-16H2,1-7H3/t18-,19-,20+,21-,22+,23+,24+,25-/m1/s1. The van der Waals surface area contributed by atoms with Crippen LogP contribution in [0.25, 0.3) is 0 Å². The Bertz CT molecular complexity index is 643. The van der Waals surface area contributed by atoms with Crippen LogP contribution in [0.5, 0.6) is 0 Å². The molecule has 0 heterocycles. The van der Waals surface area contributed by atoms with Crippen molar-refractivity contribution in [1.82, 2.24) is 0 Å². The summed E-state index contributed by atoms with van der Waals surface area (Å²) in [5, 5.41) is 4.37. The predicted octanol–water partition coefficient (Wildman–Crippen LogP) is 6.89. The van der Waals surface area contributed by atoms with E-state index in [2.05, 4.69) is 45.6 Å². The average molecular weight is 420 g/mol. The minimum atomic E-state index is -1.43. The van der Waals surface area contributed by atoms with Gasteiger partial charge in [0, 0.05) is 12.0 Å². The van der Waals surface area contributed by atoms with E-state index in [-0.39, 0.29) is 0 Å². The fraction of sp³-hybridized carbons (Fsp3) is 0.960. The lowest BCUT2D eigenvalue weighted by Gasteiger charge is -2.61. The van der Waals surface area contributed by atoms with Crippen molar-refractivity contribution in [3.8, 4) is 0 Å². The van der Waals surface area contributed by atoms with Crippen molar-refractivity contribution in [1.29, 1.82) is 0 Å². The van der Waals surface area contributed by atoms with E-state index in [1.807, 2.05) is 0 Å². The second-order valence-corrected chi connectivity index (χ2v) is 16.8. The fourth-order valence-corrected chi connectivity index (χ4v) is 9.93. The van der Waals surface area contributed by atoms with Crippen molar-refractivity contribution in [2.75, 3.05) is 7.11 Å². The third kappa shape index (κ3) is 3.75. The molecule has 4 saturated carbocycles. The van der Waals surface area contributed by atoms with Crippen LogP contribution >= 0.6 is 0 Å². The van der Waals surface area contributed by atoms with Gasteiger partial charge in [-0.05, 0) is 119 Å². The number of hydrogen-bond donors (Lipinski definition) is 0. The zero-order valence-corrected chi connectivity index (χ0v) is 21.1. The Hall–Kier alpha value is -0.353. The van der Waals surface area contributed by atoms with Gasteiger partial charge in [0.15, 0.2) is 8.32 Å². The van der Waals surface area contributed by atoms with Crippen molar-refractivity contribution < 1.29 is 9.26 Å². The first-order chi connectivity index (χ1) is 13.6. The summed E-state index contributed by atoms with van der Waals surface area (Å²) >= 11 is 0. The van der Waals surface area contributed by atoms with Crippen LogP contribution in [0.15, 0.2) is 5.16 Å². The van der Waals surface area contributed by atoms with E-state index < -0.39 is 8.32 Å². The van der Waals surface area contributed by atoms with Crippen LogP contribution in [0.2, 0.25) is 19.6 Å². The highest BCUT2D eigenvalue weighted by Crippen LogP contribution is 2.67. The Balaban J connectivity index is 1.51. The molecule has 0 amide bonds. The quantitative estimate of drug-likeness (QED) is 0.282. The molecule has 8 atom stereocenters. The zero-order valence-electron chi connectivity index (χ0n) is 20.1. The molecule has 3 nitrogen and oxygen atoms in total. The predicted molar refractivity (Wildman–Crippen MR) is 124 cm³/mol. The van der Waals surface area contributed by atoms with Gasteiger partial charge in [0.2, 0.25) is 0 Å². The number of hydrogen-bond acceptors (Lipinski definition) is 3. The number of fused-ring (bicyclic) bond motifs is 5. The van der Waals surface area contributed by atoms with Crippen molar-refractivity contribution >= 4 is 14.0 Å². The Morgan fingerprint density at radius 1 is 0.897 bits per heavy atom. The summed E-state index contributed by atoms with van der Waals surface area (Å²) in [7, 11) is 0.259. The van der Waals surface area contributed by atoms with Crippen LogP contribution in [0.3, 0.4) is 0 Å². The Morgan fingerprint density at radius 3 is 2.28 bits per heavy atom. The maximum absolute atomic E-state index is 6.57. The normalized spacial score (nSPS) is 47.9. The van der Waals surface area contributed by atoms with Gasteiger partial charge >= 0.3 is 0 Å². The van der Waals surface area contributed by atoms with Crippen LogP contribution in [0, 0.1) is 40.4 Å². The average Bonchev–Trinajstić information content (AvgIpc) is 2.98. The molecule has 0 radical (unpaired) electrons. The lowest BCUT2D eigenvalue weighted by molar-refractivity contribution is -0.121. The Labute approximate surface area is 180 Å². The molecule has 4 rings (SSSR count). The third-order valence-corrected chi connectivity index (χ3v) is 10.9. The third-order valence-electron chi connectivity index (χ3n) is 9.88. The van der Waals surface area contributed by atoms with Crippen molar-refractivity contribution in [2.45, 2.75) is 104 Å². The van der Waals surface area contributed by atoms with Crippen molar-refractivity contribution in [3.63, 3.8) is 0 Å². The summed E-state index contributed by atoms with van der Waals surface area (Å²) in [6.07, 6.45) is 13.0. The summed E-state index contributed by atoms with van der Waals surface area (Å²) in [6, 6.07) is 0. The first-order valence-electron chi connectivity index (χ1n) is 12.3. The second kappa shape index (κ2) is 7.65. The monoisotopic (exact) mass is 419 g/mol. The van der Waals surface area contributed by atoms with Gasteiger partial charge in [-0.3, -0.25) is 0 Å². The molecule has 0 aromatic rings. The maximum atomic E-state index is 6.57. The van der Waals surface area contributed by atoms with Gasteiger partial charge in [-0.25, -0.2) is 0 Å². The topological polar surface area (TPSA) is 30.8 Å². The lowest BCUT2D eigenvalue weighted by atomic mass is 9.44. The zero-order chi connectivity index (χ0) is 21.0. The van der Waals surface area contributed by atoms with Crippen LogP contribution in [-0.2, 0) is 9.26 Å². The van der Waals surface area contributed by atoms with Crippen molar-refractivity contribution in [2.24, 2.45) is 45.6 Å².